The van der Waals surface area contributed by atoms with Crippen molar-refractivity contribution >= 4 is 11.5 Å². The zero-order valence-corrected chi connectivity index (χ0v) is 11.9. The predicted octanol–water partition coefficient (Wildman–Crippen LogP) is 3.93. The number of hydrogen-bond acceptors (Lipinski definition) is 4. The minimum Gasteiger partial charge on any atom is -0.370 e. The summed E-state index contributed by atoms with van der Waals surface area (Å²) >= 11 is 0. The normalized spacial score (nSPS) is 10.4. The Morgan fingerprint density at radius 3 is 2.71 bits per heavy atom. The molecule has 6 heteroatoms. The van der Waals surface area contributed by atoms with Gasteiger partial charge in [0.15, 0.2) is 5.69 Å². The SMILES string of the molecule is CCCNc1ccc([N+](=O)[O-])c(-c2ccc(C)c(F)c2)n1. The zero-order chi connectivity index (χ0) is 15.4. The third-order valence-electron chi connectivity index (χ3n) is 3.07. The van der Waals surface area contributed by atoms with E-state index >= 15 is 0 Å². The van der Waals surface area contributed by atoms with Gasteiger partial charge in [0.05, 0.1) is 4.92 Å². The van der Waals surface area contributed by atoms with Crippen LogP contribution in [0.25, 0.3) is 11.3 Å². The van der Waals surface area contributed by atoms with E-state index in [-0.39, 0.29) is 11.4 Å². The molecule has 2 rings (SSSR count). The second-order valence-corrected chi connectivity index (χ2v) is 4.71. The number of aromatic nitrogens is 1. The molecular formula is C15H16FN3O2. The van der Waals surface area contributed by atoms with Crippen LogP contribution in [0.5, 0.6) is 0 Å². The molecule has 0 aliphatic carbocycles. The van der Waals surface area contributed by atoms with Crippen molar-refractivity contribution in [2.24, 2.45) is 0 Å². The summed E-state index contributed by atoms with van der Waals surface area (Å²) in [5.41, 5.74) is 0.909. The molecule has 110 valence electrons. The highest BCUT2D eigenvalue weighted by Gasteiger charge is 2.18. The van der Waals surface area contributed by atoms with E-state index in [1.807, 2.05) is 6.92 Å². The molecule has 0 amide bonds. The molecule has 5 nitrogen and oxygen atoms in total. The van der Waals surface area contributed by atoms with Crippen LogP contribution in [0, 0.1) is 22.9 Å². The fraction of sp³-hybridized carbons (Fsp3) is 0.267. The molecule has 0 spiro atoms. The summed E-state index contributed by atoms with van der Waals surface area (Å²) in [6.07, 6.45) is 0.910. The van der Waals surface area contributed by atoms with Crippen molar-refractivity contribution in [2.75, 3.05) is 11.9 Å². The van der Waals surface area contributed by atoms with Crippen LogP contribution in [-0.4, -0.2) is 16.5 Å². The Bertz CT molecular complexity index is 674. The van der Waals surface area contributed by atoms with E-state index in [0.717, 1.165) is 6.42 Å². The second-order valence-electron chi connectivity index (χ2n) is 4.71. The van der Waals surface area contributed by atoms with Crippen molar-refractivity contribution in [2.45, 2.75) is 20.3 Å². The van der Waals surface area contributed by atoms with Crippen LogP contribution in [0.2, 0.25) is 0 Å². The van der Waals surface area contributed by atoms with Crippen LogP contribution in [0.15, 0.2) is 30.3 Å². The lowest BCUT2D eigenvalue weighted by atomic mass is 10.1. The van der Waals surface area contributed by atoms with Crippen molar-refractivity contribution in [1.29, 1.82) is 0 Å². The Labute approximate surface area is 122 Å². The van der Waals surface area contributed by atoms with E-state index in [1.165, 1.54) is 12.1 Å². The number of aryl methyl sites for hydroxylation is 1. The van der Waals surface area contributed by atoms with Gasteiger partial charge in [-0.25, -0.2) is 9.37 Å². The molecule has 0 atom stereocenters. The van der Waals surface area contributed by atoms with Crippen molar-refractivity contribution in [1.82, 2.24) is 4.98 Å². The first-order valence-electron chi connectivity index (χ1n) is 6.68. The van der Waals surface area contributed by atoms with Gasteiger partial charge in [0, 0.05) is 18.2 Å². The maximum absolute atomic E-state index is 13.7. The maximum Gasteiger partial charge on any atom is 0.295 e. The molecule has 0 saturated carbocycles. The largest absolute Gasteiger partial charge is 0.370 e. The van der Waals surface area contributed by atoms with E-state index in [1.54, 1.807) is 25.1 Å². The first-order valence-corrected chi connectivity index (χ1v) is 6.68. The van der Waals surface area contributed by atoms with Crippen LogP contribution >= 0.6 is 0 Å². The number of anilines is 1. The van der Waals surface area contributed by atoms with Crippen molar-refractivity contribution in [3.8, 4) is 11.3 Å². The molecule has 0 bridgehead atoms. The van der Waals surface area contributed by atoms with E-state index in [0.29, 0.717) is 23.5 Å². The minimum atomic E-state index is -0.510. The highest BCUT2D eigenvalue weighted by Crippen LogP contribution is 2.30. The average Bonchev–Trinajstić information content (AvgIpc) is 2.47. The van der Waals surface area contributed by atoms with Gasteiger partial charge in [0.1, 0.15) is 11.6 Å². The molecular weight excluding hydrogens is 273 g/mol. The summed E-state index contributed by atoms with van der Waals surface area (Å²) in [4.78, 5) is 14.9. The molecule has 1 aromatic heterocycles. The molecule has 0 saturated heterocycles. The number of halogens is 1. The summed E-state index contributed by atoms with van der Waals surface area (Å²) in [5, 5.41) is 14.2. The van der Waals surface area contributed by atoms with Crippen LogP contribution in [0.3, 0.4) is 0 Å². The number of hydrogen-bond donors (Lipinski definition) is 1. The summed E-state index contributed by atoms with van der Waals surface area (Å²) in [6.45, 7) is 4.36. The number of benzene rings is 1. The highest BCUT2D eigenvalue weighted by atomic mass is 19.1. The average molecular weight is 289 g/mol. The van der Waals surface area contributed by atoms with Crippen LogP contribution < -0.4 is 5.32 Å². The molecule has 0 aliphatic rings. The van der Waals surface area contributed by atoms with Crippen molar-refractivity contribution in [3.05, 3.63) is 51.8 Å². The monoisotopic (exact) mass is 289 g/mol. The molecule has 21 heavy (non-hydrogen) atoms. The number of nitrogens with zero attached hydrogens (tertiary/aromatic N) is 2. The van der Waals surface area contributed by atoms with Gasteiger partial charge in [-0.2, -0.15) is 0 Å². The van der Waals surface area contributed by atoms with Gasteiger partial charge >= 0.3 is 0 Å². The van der Waals surface area contributed by atoms with Crippen LogP contribution in [0.1, 0.15) is 18.9 Å². The molecule has 1 aromatic carbocycles. The zero-order valence-electron chi connectivity index (χ0n) is 11.9. The quantitative estimate of drug-likeness (QED) is 0.669. The lowest BCUT2D eigenvalue weighted by molar-refractivity contribution is -0.384. The van der Waals surface area contributed by atoms with Crippen LogP contribution in [0.4, 0.5) is 15.9 Å². The molecule has 0 fully saturated rings. The van der Waals surface area contributed by atoms with Gasteiger partial charge in [-0.15, -0.1) is 0 Å². The summed E-state index contributed by atoms with van der Waals surface area (Å²) in [7, 11) is 0. The molecule has 1 N–H and O–H groups in total. The standard InChI is InChI=1S/C15H16FN3O2/c1-3-8-17-14-7-6-13(19(20)21)15(18-14)11-5-4-10(2)12(16)9-11/h4-7,9H,3,8H2,1-2H3,(H,17,18). The number of pyridine rings is 1. The molecule has 0 radical (unpaired) electrons. The van der Waals surface area contributed by atoms with Crippen LogP contribution in [-0.2, 0) is 0 Å². The summed E-state index contributed by atoms with van der Waals surface area (Å²) in [5.74, 6) is 0.133. The van der Waals surface area contributed by atoms with Gasteiger partial charge in [-0.1, -0.05) is 19.1 Å². The lowest BCUT2D eigenvalue weighted by Crippen LogP contribution is -2.04. The summed E-state index contributed by atoms with van der Waals surface area (Å²) in [6, 6.07) is 7.44. The van der Waals surface area contributed by atoms with Gasteiger partial charge in [-0.05, 0) is 31.0 Å². The van der Waals surface area contributed by atoms with Gasteiger partial charge in [-0.3, -0.25) is 10.1 Å². The Kier molecular flexibility index (Phi) is 4.47. The topological polar surface area (TPSA) is 68.1 Å². The van der Waals surface area contributed by atoms with E-state index in [2.05, 4.69) is 10.3 Å². The first kappa shape index (κ1) is 14.9. The van der Waals surface area contributed by atoms with Gasteiger partial charge < -0.3 is 5.32 Å². The number of nitro groups is 1. The lowest BCUT2D eigenvalue weighted by Gasteiger charge is -2.08. The number of rotatable bonds is 5. The van der Waals surface area contributed by atoms with Gasteiger partial charge in [0.2, 0.25) is 0 Å². The molecule has 2 aromatic rings. The van der Waals surface area contributed by atoms with E-state index in [4.69, 9.17) is 0 Å². The van der Waals surface area contributed by atoms with Crippen molar-refractivity contribution < 1.29 is 9.31 Å². The Hall–Kier alpha value is -2.50. The fourth-order valence-electron chi connectivity index (χ4n) is 1.90. The van der Waals surface area contributed by atoms with E-state index in [9.17, 15) is 14.5 Å². The predicted molar refractivity (Wildman–Crippen MR) is 79.8 cm³/mol. The first-order chi connectivity index (χ1) is 10.0. The Balaban J connectivity index is 2.51. The van der Waals surface area contributed by atoms with E-state index < -0.39 is 10.7 Å². The third kappa shape index (κ3) is 3.34. The Morgan fingerprint density at radius 2 is 2.10 bits per heavy atom. The maximum atomic E-state index is 13.7. The second kappa shape index (κ2) is 6.30. The third-order valence-corrected chi connectivity index (χ3v) is 3.07. The number of nitrogens with one attached hydrogen (secondary N) is 1. The Morgan fingerprint density at radius 1 is 1.33 bits per heavy atom. The van der Waals surface area contributed by atoms with Gasteiger partial charge in [0.25, 0.3) is 5.69 Å². The highest BCUT2D eigenvalue weighted by molar-refractivity contribution is 5.71. The van der Waals surface area contributed by atoms with Crippen molar-refractivity contribution in [3.63, 3.8) is 0 Å². The smallest absolute Gasteiger partial charge is 0.295 e. The summed E-state index contributed by atoms with van der Waals surface area (Å²) < 4.78 is 13.7. The molecule has 0 aliphatic heterocycles. The molecule has 1 heterocycles. The molecule has 0 unspecified atom stereocenters. The minimum absolute atomic E-state index is 0.139. The fourth-order valence-corrected chi connectivity index (χ4v) is 1.90.